The second-order valence-electron chi connectivity index (χ2n) is 8.90. The molecule has 1 spiro atoms. The van der Waals surface area contributed by atoms with E-state index < -0.39 is 5.97 Å². The molecule has 1 aromatic heterocycles. The number of anilines is 1. The number of rotatable bonds is 4. The van der Waals surface area contributed by atoms with Crippen molar-refractivity contribution in [3.05, 3.63) is 41.8 Å². The van der Waals surface area contributed by atoms with Gasteiger partial charge >= 0.3 is 5.97 Å². The number of hydrogen-bond acceptors (Lipinski definition) is 7. The molecule has 3 heterocycles. The van der Waals surface area contributed by atoms with Gasteiger partial charge in [0.2, 0.25) is 5.91 Å². The SMILES string of the molecule is COC(=O)c1cnc(NC(=O)C2CC2)cc1N=C1N=C2C=CC=C3NN(C)CC32CC1C. The number of aromatic nitrogens is 1. The summed E-state index contributed by atoms with van der Waals surface area (Å²) in [6.45, 7) is 2.93. The number of hydrogen-bond donors (Lipinski definition) is 2. The zero-order valence-electron chi connectivity index (χ0n) is 18.4. The average molecular weight is 435 g/mol. The van der Waals surface area contributed by atoms with E-state index in [0.717, 1.165) is 37.2 Å². The molecule has 1 amide bonds. The topological polar surface area (TPSA) is 108 Å². The van der Waals surface area contributed by atoms with Gasteiger partial charge in [-0.25, -0.2) is 24.8 Å². The maximum absolute atomic E-state index is 12.3. The van der Waals surface area contributed by atoms with Crippen molar-refractivity contribution in [2.75, 3.05) is 26.0 Å². The zero-order chi connectivity index (χ0) is 22.5. The van der Waals surface area contributed by atoms with Crippen LogP contribution in [0.4, 0.5) is 11.5 Å². The Labute approximate surface area is 186 Å². The first-order valence-corrected chi connectivity index (χ1v) is 10.8. The van der Waals surface area contributed by atoms with Crippen LogP contribution in [0.5, 0.6) is 0 Å². The highest BCUT2D eigenvalue weighted by molar-refractivity contribution is 6.13. The van der Waals surface area contributed by atoms with Crippen LogP contribution in [0.2, 0.25) is 0 Å². The van der Waals surface area contributed by atoms with Crippen LogP contribution in [0.25, 0.3) is 0 Å². The van der Waals surface area contributed by atoms with E-state index in [-0.39, 0.29) is 28.7 Å². The van der Waals surface area contributed by atoms with Crippen LogP contribution < -0.4 is 10.7 Å². The van der Waals surface area contributed by atoms with Gasteiger partial charge in [-0.1, -0.05) is 13.0 Å². The second kappa shape index (κ2) is 7.67. The lowest BCUT2D eigenvalue weighted by molar-refractivity contribution is -0.117. The van der Waals surface area contributed by atoms with Crippen molar-refractivity contribution < 1.29 is 14.3 Å². The van der Waals surface area contributed by atoms with Gasteiger partial charge in [0.05, 0.1) is 23.9 Å². The number of aliphatic imine (C=N–C) groups is 2. The quantitative estimate of drug-likeness (QED) is 0.706. The zero-order valence-corrected chi connectivity index (χ0v) is 18.4. The normalized spacial score (nSPS) is 27.7. The lowest BCUT2D eigenvalue weighted by Crippen LogP contribution is -2.42. The van der Waals surface area contributed by atoms with E-state index >= 15 is 0 Å². The molecule has 5 rings (SSSR count). The van der Waals surface area contributed by atoms with E-state index in [2.05, 4.69) is 33.7 Å². The molecule has 2 unspecified atom stereocenters. The van der Waals surface area contributed by atoms with Crippen LogP contribution in [-0.4, -0.2) is 54.1 Å². The largest absolute Gasteiger partial charge is 0.465 e. The number of methoxy groups -OCH3 is 1. The van der Waals surface area contributed by atoms with Crippen LogP contribution in [0.15, 0.2) is 46.2 Å². The molecule has 2 aliphatic heterocycles. The standard InChI is InChI=1S/C23H26N6O3/c1-13-10-23-12-29(2)28-18(23)6-4-5-17(23)26-20(13)25-16-9-19(27-21(30)14-7-8-14)24-11-15(16)22(31)32-3/h4-6,9,11,13-14,28H,7-8,10,12H2,1-3H3,(H,24,27,30). The van der Waals surface area contributed by atoms with E-state index in [1.54, 1.807) is 6.07 Å². The highest BCUT2D eigenvalue weighted by Gasteiger charge is 2.49. The Morgan fingerprint density at radius 3 is 2.94 bits per heavy atom. The minimum absolute atomic E-state index is 0.0475. The average Bonchev–Trinajstić information content (AvgIpc) is 3.56. The summed E-state index contributed by atoms with van der Waals surface area (Å²) in [6.07, 6.45) is 10.2. The van der Waals surface area contributed by atoms with E-state index in [1.165, 1.54) is 13.3 Å². The molecule has 4 aliphatic rings. The van der Waals surface area contributed by atoms with E-state index in [0.29, 0.717) is 17.3 Å². The molecule has 9 heteroatoms. The van der Waals surface area contributed by atoms with Crippen molar-refractivity contribution in [1.82, 2.24) is 15.4 Å². The van der Waals surface area contributed by atoms with Crippen LogP contribution in [0, 0.1) is 17.3 Å². The summed E-state index contributed by atoms with van der Waals surface area (Å²) < 4.78 is 4.91. The Bertz CT molecular complexity index is 1120. The molecule has 1 saturated heterocycles. The molecular formula is C23H26N6O3. The number of nitrogens with one attached hydrogen (secondary N) is 2. The van der Waals surface area contributed by atoms with Crippen molar-refractivity contribution in [1.29, 1.82) is 0 Å². The van der Waals surface area contributed by atoms with Gasteiger partial charge in [0, 0.05) is 43.4 Å². The first kappa shape index (κ1) is 20.6. The Morgan fingerprint density at radius 2 is 2.19 bits per heavy atom. The Kier molecular flexibility index (Phi) is 4.93. The van der Waals surface area contributed by atoms with Gasteiger partial charge in [-0.15, -0.1) is 0 Å². The summed E-state index contributed by atoms with van der Waals surface area (Å²) >= 11 is 0. The third-order valence-electron chi connectivity index (χ3n) is 6.39. The summed E-state index contributed by atoms with van der Waals surface area (Å²) in [5.41, 5.74) is 5.97. The minimum Gasteiger partial charge on any atom is -0.465 e. The summed E-state index contributed by atoms with van der Waals surface area (Å²) in [5.74, 6) is 0.526. The van der Waals surface area contributed by atoms with Gasteiger partial charge < -0.3 is 15.5 Å². The number of amidine groups is 1. The predicted molar refractivity (Wildman–Crippen MR) is 121 cm³/mol. The number of nitrogens with zero attached hydrogens (tertiary/aromatic N) is 4. The molecule has 2 fully saturated rings. The maximum atomic E-state index is 12.3. The van der Waals surface area contributed by atoms with Crippen LogP contribution >= 0.6 is 0 Å². The Balaban J connectivity index is 1.53. The van der Waals surface area contributed by atoms with E-state index in [4.69, 9.17) is 14.7 Å². The second-order valence-corrected chi connectivity index (χ2v) is 8.90. The lowest BCUT2D eigenvalue weighted by Gasteiger charge is -2.37. The number of ether oxygens (including phenoxy) is 1. The van der Waals surface area contributed by atoms with Crippen molar-refractivity contribution in [2.24, 2.45) is 27.2 Å². The number of carbonyl (C=O) groups excluding carboxylic acids is 2. The highest BCUT2D eigenvalue weighted by Crippen LogP contribution is 2.45. The van der Waals surface area contributed by atoms with Gasteiger partial charge in [0.25, 0.3) is 0 Å². The fraction of sp³-hybridized carbons (Fsp3) is 0.435. The van der Waals surface area contributed by atoms with Crippen LogP contribution in [0.1, 0.15) is 36.5 Å². The molecular weight excluding hydrogens is 408 g/mol. The van der Waals surface area contributed by atoms with Crippen molar-refractivity contribution in [3.63, 3.8) is 0 Å². The third kappa shape index (κ3) is 3.52. The Morgan fingerprint density at radius 1 is 1.38 bits per heavy atom. The molecule has 166 valence electrons. The molecule has 0 bridgehead atoms. The van der Waals surface area contributed by atoms with E-state index in [9.17, 15) is 9.59 Å². The molecule has 0 radical (unpaired) electrons. The van der Waals surface area contributed by atoms with Crippen molar-refractivity contribution >= 4 is 34.9 Å². The molecule has 1 saturated carbocycles. The Hall–Kier alpha value is -3.33. The fourth-order valence-electron chi connectivity index (χ4n) is 4.63. The summed E-state index contributed by atoms with van der Waals surface area (Å²) in [5, 5.41) is 4.90. The minimum atomic E-state index is -0.533. The van der Waals surface area contributed by atoms with E-state index in [1.807, 2.05) is 19.2 Å². The molecule has 1 aromatic rings. The number of allylic oxidation sites excluding steroid dienone is 3. The lowest BCUT2D eigenvalue weighted by atomic mass is 9.70. The molecule has 9 nitrogen and oxygen atoms in total. The fourth-order valence-corrected chi connectivity index (χ4v) is 4.63. The van der Waals surface area contributed by atoms with Gasteiger partial charge in [0.1, 0.15) is 17.2 Å². The number of esters is 1. The van der Waals surface area contributed by atoms with Crippen LogP contribution in [0.3, 0.4) is 0 Å². The van der Waals surface area contributed by atoms with Gasteiger partial charge in [-0.3, -0.25) is 4.79 Å². The predicted octanol–water partition coefficient (Wildman–Crippen LogP) is 2.62. The third-order valence-corrected chi connectivity index (χ3v) is 6.39. The van der Waals surface area contributed by atoms with Gasteiger partial charge in [-0.05, 0) is 31.4 Å². The number of carbonyl (C=O) groups is 2. The van der Waals surface area contributed by atoms with Crippen molar-refractivity contribution in [3.8, 4) is 0 Å². The number of amides is 1. The molecule has 2 aliphatic carbocycles. The van der Waals surface area contributed by atoms with Gasteiger partial charge in [-0.2, -0.15) is 0 Å². The number of pyridine rings is 1. The molecule has 32 heavy (non-hydrogen) atoms. The molecule has 2 atom stereocenters. The first-order valence-electron chi connectivity index (χ1n) is 10.8. The molecule has 0 aromatic carbocycles. The smallest absolute Gasteiger partial charge is 0.341 e. The number of hydrazine groups is 1. The first-order chi connectivity index (χ1) is 15.4. The maximum Gasteiger partial charge on any atom is 0.341 e. The highest BCUT2D eigenvalue weighted by atomic mass is 16.5. The monoisotopic (exact) mass is 434 g/mol. The summed E-state index contributed by atoms with van der Waals surface area (Å²) in [6, 6.07) is 1.61. The van der Waals surface area contributed by atoms with Crippen LogP contribution in [-0.2, 0) is 9.53 Å². The van der Waals surface area contributed by atoms with Crippen molar-refractivity contribution in [2.45, 2.75) is 26.2 Å². The summed E-state index contributed by atoms with van der Waals surface area (Å²) in [7, 11) is 3.34. The van der Waals surface area contributed by atoms with Gasteiger partial charge in [0.15, 0.2) is 0 Å². The molecule has 2 N–H and O–H groups in total. The summed E-state index contributed by atoms with van der Waals surface area (Å²) in [4.78, 5) is 38.4.